The Kier molecular flexibility index (Phi) is 6.04. The molecule has 1 saturated carbocycles. The van der Waals surface area contributed by atoms with Crippen LogP contribution in [0.15, 0.2) is 29.2 Å². The number of amides is 2. The lowest BCUT2D eigenvalue weighted by Gasteiger charge is -2.28. The molecule has 0 saturated heterocycles. The number of benzene rings is 1. The van der Waals surface area contributed by atoms with E-state index < -0.39 is 16.1 Å². The van der Waals surface area contributed by atoms with E-state index in [9.17, 15) is 13.2 Å². The third-order valence-corrected chi connectivity index (χ3v) is 5.98. The first-order chi connectivity index (χ1) is 10.9. The lowest BCUT2D eigenvalue weighted by Crippen LogP contribution is -2.45. The van der Waals surface area contributed by atoms with Crippen molar-refractivity contribution in [2.45, 2.75) is 63.3 Å². The smallest absolute Gasteiger partial charge is 0.328 e. The zero-order valence-corrected chi connectivity index (χ0v) is 14.7. The number of rotatable bonds is 5. The SMILES string of the molecule is CCc1ccc(S(=O)(=O)NC(=O)NC2CCC(CC)CC2)cc1. The fourth-order valence-corrected chi connectivity index (χ4v) is 3.93. The maximum absolute atomic E-state index is 12.2. The van der Waals surface area contributed by atoms with Crippen LogP contribution in [0.25, 0.3) is 0 Å². The first-order valence-corrected chi connectivity index (χ1v) is 9.85. The number of urea groups is 1. The van der Waals surface area contributed by atoms with Crippen molar-refractivity contribution < 1.29 is 13.2 Å². The molecule has 128 valence electrons. The van der Waals surface area contributed by atoms with Gasteiger partial charge in [0, 0.05) is 6.04 Å². The second-order valence-electron chi connectivity index (χ2n) is 6.20. The van der Waals surface area contributed by atoms with Crippen molar-refractivity contribution >= 4 is 16.1 Å². The zero-order chi connectivity index (χ0) is 16.9. The maximum Gasteiger partial charge on any atom is 0.328 e. The molecule has 5 nitrogen and oxygen atoms in total. The predicted octanol–water partition coefficient (Wildman–Crippen LogP) is 3.21. The van der Waals surface area contributed by atoms with E-state index in [-0.39, 0.29) is 10.9 Å². The molecule has 0 spiro atoms. The largest absolute Gasteiger partial charge is 0.335 e. The molecule has 0 aliphatic heterocycles. The number of nitrogens with one attached hydrogen (secondary N) is 2. The maximum atomic E-state index is 12.2. The summed E-state index contributed by atoms with van der Waals surface area (Å²) in [5.41, 5.74) is 1.06. The van der Waals surface area contributed by atoms with Gasteiger partial charge in [-0.2, -0.15) is 0 Å². The minimum Gasteiger partial charge on any atom is -0.335 e. The Morgan fingerprint density at radius 2 is 1.70 bits per heavy atom. The highest BCUT2D eigenvalue weighted by atomic mass is 32.2. The van der Waals surface area contributed by atoms with Crippen LogP contribution in [0.3, 0.4) is 0 Å². The van der Waals surface area contributed by atoms with Crippen LogP contribution in [0.2, 0.25) is 0 Å². The second-order valence-corrected chi connectivity index (χ2v) is 7.88. The van der Waals surface area contributed by atoms with Crippen LogP contribution < -0.4 is 10.0 Å². The third-order valence-electron chi connectivity index (χ3n) is 4.63. The van der Waals surface area contributed by atoms with Gasteiger partial charge in [-0.3, -0.25) is 0 Å². The summed E-state index contributed by atoms with van der Waals surface area (Å²) in [6.45, 7) is 4.18. The highest BCUT2D eigenvalue weighted by Gasteiger charge is 2.23. The van der Waals surface area contributed by atoms with Gasteiger partial charge in [0.2, 0.25) is 0 Å². The summed E-state index contributed by atoms with van der Waals surface area (Å²) in [4.78, 5) is 12.1. The van der Waals surface area contributed by atoms with Crippen molar-refractivity contribution in [3.8, 4) is 0 Å². The number of carbonyl (C=O) groups excluding carboxylic acids is 1. The highest BCUT2D eigenvalue weighted by Crippen LogP contribution is 2.26. The van der Waals surface area contributed by atoms with Gasteiger partial charge in [-0.05, 0) is 55.7 Å². The molecule has 1 aliphatic rings. The van der Waals surface area contributed by atoms with E-state index in [4.69, 9.17) is 0 Å². The zero-order valence-electron chi connectivity index (χ0n) is 13.8. The summed E-state index contributed by atoms with van der Waals surface area (Å²) in [5, 5.41) is 2.78. The molecular formula is C17H26N2O3S. The van der Waals surface area contributed by atoms with Crippen molar-refractivity contribution in [3.63, 3.8) is 0 Å². The summed E-state index contributed by atoms with van der Waals surface area (Å²) in [6, 6.07) is 6.01. The minimum absolute atomic E-state index is 0.0652. The van der Waals surface area contributed by atoms with E-state index in [1.165, 1.54) is 18.6 Å². The average molecular weight is 338 g/mol. The third kappa shape index (κ3) is 4.96. The molecule has 0 unspecified atom stereocenters. The van der Waals surface area contributed by atoms with Crippen LogP contribution in [-0.2, 0) is 16.4 Å². The quantitative estimate of drug-likeness (QED) is 0.865. The van der Waals surface area contributed by atoms with Crippen molar-refractivity contribution in [1.82, 2.24) is 10.0 Å². The first kappa shape index (κ1) is 17.8. The molecule has 1 aromatic rings. The van der Waals surface area contributed by atoms with Crippen LogP contribution in [0, 0.1) is 5.92 Å². The molecule has 2 rings (SSSR count). The lowest BCUT2D eigenvalue weighted by molar-refractivity contribution is 0.231. The standard InChI is InChI=1S/C17H26N2O3S/c1-3-13-5-9-15(10-6-13)18-17(20)19-23(21,22)16-11-7-14(4-2)8-12-16/h7-8,11-13,15H,3-6,9-10H2,1-2H3,(H2,18,19,20). The van der Waals surface area contributed by atoms with Crippen LogP contribution in [0.1, 0.15) is 51.5 Å². The van der Waals surface area contributed by atoms with Gasteiger partial charge in [0.25, 0.3) is 10.0 Å². The summed E-state index contributed by atoms with van der Waals surface area (Å²) in [5.74, 6) is 0.733. The van der Waals surface area contributed by atoms with Gasteiger partial charge < -0.3 is 5.32 Å². The lowest BCUT2D eigenvalue weighted by atomic mass is 9.85. The number of aryl methyl sites for hydroxylation is 1. The molecular weight excluding hydrogens is 312 g/mol. The Labute approximate surface area is 138 Å². The summed E-state index contributed by atoms with van der Waals surface area (Å²) in [6.07, 6.45) is 6.02. The van der Waals surface area contributed by atoms with Crippen LogP contribution in [-0.4, -0.2) is 20.5 Å². The number of sulfonamides is 1. The Morgan fingerprint density at radius 1 is 1.09 bits per heavy atom. The normalized spacial score (nSPS) is 21.7. The number of carbonyl (C=O) groups is 1. The summed E-state index contributed by atoms with van der Waals surface area (Å²) in [7, 11) is -3.81. The fourth-order valence-electron chi connectivity index (χ4n) is 3.02. The van der Waals surface area contributed by atoms with Crippen molar-refractivity contribution in [1.29, 1.82) is 0 Å². The van der Waals surface area contributed by atoms with E-state index in [2.05, 4.69) is 17.0 Å². The van der Waals surface area contributed by atoms with Crippen molar-refractivity contribution in [2.24, 2.45) is 5.92 Å². The van der Waals surface area contributed by atoms with Gasteiger partial charge >= 0.3 is 6.03 Å². The van der Waals surface area contributed by atoms with Gasteiger partial charge in [0.15, 0.2) is 0 Å². The fraction of sp³-hybridized carbons (Fsp3) is 0.588. The van der Waals surface area contributed by atoms with Crippen molar-refractivity contribution in [2.75, 3.05) is 0 Å². The van der Waals surface area contributed by atoms with Crippen LogP contribution in [0.4, 0.5) is 4.79 Å². The predicted molar refractivity (Wildman–Crippen MR) is 90.7 cm³/mol. The Morgan fingerprint density at radius 3 is 2.22 bits per heavy atom. The van der Waals surface area contributed by atoms with E-state index in [0.717, 1.165) is 43.6 Å². The Hall–Kier alpha value is -1.56. The van der Waals surface area contributed by atoms with Crippen LogP contribution in [0.5, 0.6) is 0 Å². The van der Waals surface area contributed by atoms with Gasteiger partial charge in [-0.15, -0.1) is 0 Å². The molecule has 0 bridgehead atoms. The second kappa shape index (κ2) is 7.81. The molecule has 1 aliphatic carbocycles. The van der Waals surface area contributed by atoms with Crippen molar-refractivity contribution in [3.05, 3.63) is 29.8 Å². The number of hydrogen-bond donors (Lipinski definition) is 2. The van der Waals surface area contributed by atoms with Gasteiger partial charge in [-0.1, -0.05) is 32.4 Å². The molecule has 0 aromatic heterocycles. The topological polar surface area (TPSA) is 75.3 Å². The molecule has 0 atom stereocenters. The summed E-state index contributed by atoms with van der Waals surface area (Å²) >= 11 is 0. The molecule has 1 fully saturated rings. The minimum atomic E-state index is -3.81. The molecule has 2 N–H and O–H groups in total. The first-order valence-electron chi connectivity index (χ1n) is 8.36. The molecule has 0 heterocycles. The molecule has 0 radical (unpaired) electrons. The Balaban J connectivity index is 1.90. The molecule has 23 heavy (non-hydrogen) atoms. The molecule has 1 aromatic carbocycles. The van der Waals surface area contributed by atoms with Gasteiger partial charge in [0.05, 0.1) is 4.90 Å². The van der Waals surface area contributed by atoms with E-state index in [1.54, 1.807) is 12.1 Å². The Bertz CT molecular complexity index is 618. The highest BCUT2D eigenvalue weighted by molar-refractivity contribution is 7.90. The number of hydrogen-bond acceptors (Lipinski definition) is 3. The van der Waals surface area contributed by atoms with Crippen LogP contribution >= 0.6 is 0 Å². The van der Waals surface area contributed by atoms with E-state index in [1.807, 2.05) is 6.92 Å². The molecule has 2 amide bonds. The average Bonchev–Trinajstić information content (AvgIpc) is 2.55. The van der Waals surface area contributed by atoms with E-state index in [0.29, 0.717) is 0 Å². The van der Waals surface area contributed by atoms with Gasteiger partial charge in [0.1, 0.15) is 0 Å². The molecule has 6 heteroatoms. The van der Waals surface area contributed by atoms with Gasteiger partial charge in [-0.25, -0.2) is 17.9 Å². The van der Waals surface area contributed by atoms with E-state index >= 15 is 0 Å². The monoisotopic (exact) mass is 338 g/mol. The summed E-state index contributed by atoms with van der Waals surface area (Å²) < 4.78 is 26.5.